The zero-order valence-corrected chi connectivity index (χ0v) is 21.2. The average molecular weight is 572 g/mol. The number of hydrogen-bond acceptors (Lipinski definition) is 7. The van der Waals surface area contributed by atoms with Gasteiger partial charge in [-0.2, -0.15) is 31.4 Å². The van der Waals surface area contributed by atoms with E-state index in [4.69, 9.17) is 29.9 Å². The quantitative estimate of drug-likeness (QED) is 0.471. The van der Waals surface area contributed by atoms with Crippen LogP contribution in [-0.4, -0.2) is 91.6 Å². The summed E-state index contributed by atoms with van der Waals surface area (Å²) in [6.07, 6.45) is -2.75. The van der Waals surface area contributed by atoms with Crippen molar-refractivity contribution in [1.29, 1.82) is 0 Å². The number of aliphatic carboxylic acids is 2. The standard InChI is InChI=1S/C19H29N5O.2C2HF3O2/c1-22-19-16(17(21-22)13-24-12-6-7-15(24)14-25)8-9-18(20-19)23-10-4-2-3-5-11-23;2*3-2(4,5)1(6)7/h8-9,15,25H,2-7,10-14H2,1H3;2*(H,6,7). The summed E-state index contributed by atoms with van der Waals surface area (Å²) in [5, 5.41) is 29.7. The second-order valence-corrected chi connectivity index (χ2v) is 9.07. The van der Waals surface area contributed by atoms with Gasteiger partial charge in [0.1, 0.15) is 5.82 Å². The maximum absolute atomic E-state index is 10.6. The molecule has 0 aromatic carbocycles. The van der Waals surface area contributed by atoms with E-state index in [1.807, 2.05) is 11.7 Å². The molecule has 39 heavy (non-hydrogen) atoms. The van der Waals surface area contributed by atoms with Gasteiger partial charge in [-0.15, -0.1) is 0 Å². The van der Waals surface area contributed by atoms with E-state index in [-0.39, 0.29) is 12.6 Å². The molecule has 0 spiro atoms. The molecule has 0 bridgehead atoms. The predicted molar refractivity (Wildman–Crippen MR) is 127 cm³/mol. The molecule has 0 saturated carbocycles. The largest absolute Gasteiger partial charge is 0.490 e. The average Bonchev–Trinajstić information content (AvgIpc) is 3.30. The number of alkyl halides is 6. The van der Waals surface area contributed by atoms with Gasteiger partial charge in [-0.25, -0.2) is 14.6 Å². The van der Waals surface area contributed by atoms with Crippen molar-refractivity contribution in [2.45, 2.75) is 63.5 Å². The lowest BCUT2D eigenvalue weighted by Gasteiger charge is -2.22. The van der Waals surface area contributed by atoms with E-state index < -0.39 is 24.3 Å². The van der Waals surface area contributed by atoms with Crippen LogP contribution in [0, 0.1) is 0 Å². The molecule has 2 aromatic heterocycles. The van der Waals surface area contributed by atoms with Crippen LogP contribution in [0.15, 0.2) is 12.1 Å². The van der Waals surface area contributed by atoms with Crippen LogP contribution in [0.4, 0.5) is 32.2 Å². The van der Waals surface area contributed by atoms with Gasteiger partial charge in [0.15, 0.2) is 5.65 Å². The number of likely N-dealkylation sites (tertiary alicyclic amines) is 1. The highest BCUT2D eigenvalue weighted by Gasteiger charge is 2.38. The van der Waals surface area contributed by atoms with E-state index in [1.54, 1.807) is 0 Å². The highest BCUT2D eigenvalue weighted by molar-refractivity contribution is 5.80. The number of aryl methyl sites for hydroxylation is 1. The zero-order valence-electron chi connectivity index (χ0n) is 21.2. The first-order chi connectivity index (χ1) is 18.1. The topological polar surface area (TPSA) is 132 Å². The van der Waals surface area contributed by atoms with Crippen molar-refractivity contribution in [3.05, 3.63) is 17.8 Å². The number of hydrogen-bond donors (Lipinski definition) is 3. The Bertz CT molecular complexity index is 1080. The molecule has 3 N–H and O–H groups in total. The molecule has 2 aliphatic rings. The monoisotopic (exact) mass is 571 g/mol. The Morgan fingerprint density at radius 2 is 1.46 bits per heavy atom. The van der Waals surface area contributed by atoms with Gasteiger partial charge in [0.05, 0.1) is 12.3 Å². The van der Waals surface area contributed by atoms with Crippen LogP contribution in [0.2, 0.25) is 0 Å². The number of halogens is 6. The number of carboxylic acids is 2. The van der Waals surface area contributed by atoms with Crippen molar-refractivity contribution in [2.24, 2.45) is 7.05 Å². The Hall–Kier alpha value is -3.14. The summed E-state index contributed by atoms with van der Waals surface area (Å²) < 4.78 is 65.4. The van der Waals surface area contributed by atoms with Crippen LogP contribution in [0.5, 0.6) is 0 Å². The fourth-order valence-corrected chi connectivity index (χ4v) is 4.29. The van der Waals surface area contributed by atoms with Crippen LogP contribution < -0.4 is 4.90 Å². The minimum atomic E-state index is -5.08. The van der Waals surface area contributed by atoms with Crippen LogP contribution in [0.1, 0.15) is 44.2 Å². The molecule has 4 heterocycles. The summed E-state index contributed by atoms with van der Waals surface area (Å²) in [5.41, 5.74) is 2.05. The summed E-state index contributed by atoms with van der Waals surface area (Å²) in [6, 6.07) is 4.63. The Morgan fingerprint density at radius 3 is 1.95 bits per heavy atom. The summed E-state index contributed by atoms with van der Waals surface area (Å²) >= 11 is 0. The van der Waals surface area contributed by atoms with E-state index in [0.29, 0.717) is 0 Å². The van der Waals surface area contributed by atoms with Gasteiger partial charge in [0.2, 0.25) is 0 Å². The third-order valence-electron chi connectivity index (χ3n) is 6.23. The smallest absolute Gasteiger partial charge is 0.475 e. The third kappa shape index (κ3) is 9.53. The lowest BCUT2D eigenvalue weighted by molar-refractivity contribution is -0.193. The molecular weight excluding hydrogens is 540 g/mol. The number of rotatable bonds is 4. The molecule has 2 aromatic rings. The molecule has 0 radical (unpaired) electrons. The van der Waals surface area contributed by atoms with Crippen LogP contribution in [0.3, 0.4) is 0 Å². The van der Waals surface area contributed by atoms with E-state index in [9.17, 15) is 31.4 Å². The highest BCUT2D eigenvalue weighted by atomic mass is 19.4. The first-order valence-corrected chi connectivity index (χ1v) is 12.2. The molecule has 0 amide bonds. The molecular formula is C23H31F6N5O5. The maximum Gasteiger partial charge on any atom is 0.490 e. The van der Waals surface area contributed by atoms with Gasteiger partial charge in [-0.1, -0.05) is 12.8 Å². The van der Waals surface area contributed by atoms with Gasteiger partial charge in [-0.05, 0) is 44.4 Å². The van der Waals surface area contributed by atoms with Crippen molar-refractivity contribution < 1.29 is 51.3 Å². The van der Waals surface area contributed by atoms with Gasteiger partial charge in [0, 0.05) is 38.1 Å². The number of pyridine rings is 1. The Balaban J connectivity index is 0.000000317. The van der Waals surface area contributed by atoms with Gasteiger partial charge < -0.3 is 20.2 Å². The molecule has 10 nitrogen and oxygen atoms in total. The van der Waals surface area contributed by atoms with E-state index >= 15 is 0 Å². The summed E-state index contributed by atoms with van der Waals surface area (Å²) in [7, 11) is 1.98. The third-order valence-corrected chi connectivity index (χ3v) is 6.23. The second kappa shape index (κ2) is 13.8. The van der Waals surface area contributed by atoms with E-state index in [1.165, 1.54) is 25.7 Å². The minimum absolute atomic E-state index is 0.238. The number of aliphatic hydroxyl groups is 1. The zero-order chi connectivity index (χ0) is 29.4. The molecule has 4 rings (SSSR count). The van der Waals surface area contributed by atoms with Gasteiger partial charge in [-0.3, -0.25) is 9.58 Å². The molecule has 0 aliphatic carbocycles. The van der Waals surface area contributed by atoms with Crippen molar-refractivity contribution in [3.63, 3.8) is 0 Å². The van der Waals surface area contributed by atoms with Crippen molar-refractivity contribution in [1.82, 2.24) is 19.7 Å². The fraction of sp³-hybridized carbons (Fsp3) is 0.652. The van der Waals surface area contributed by atoms with Crippen molar-refractivity contribution in [3.8, 4) is 0 Å². The first kappa shape index (κ1) is 32.1. The van der Waals surface area contributed by atoms with Crippen LogP contribution in [0.25, 0.3) is 11.0 Å². The summed E-state index contributed by atoms with van der Waals surface area (Å²) in [6.45, 7) is 4.29. The predicted octanol–water partition coefficient (Wildman–Crippen LogP) is 3.57. The highest BCUT2D eigenvalue weighted by Crippen LogP contribution is 2.26. The van der Waals surface area contributed by atoms with Gasteiger partial charge in [0.25, 0.3) is 0 Å². The number of anilines is 1. The van der Waals surface area contributed by atoms with Gasteiger partial charge >= 0.3 is 24.3 Å². The van der Waals surface area contributed by atoms with Crippen LogP contribution >= 0.6 is 0 Å². The lowest BCUT2D eigenvalue weighted by Crippen LogP contribution is -2.31. The number of aromatic nitrogens is 3. The molecule has 1 atom stereocenters. The Labute approximate surface area is 219 Å². The molecule has 2 saturated heterocycles. The second-order valence-electron chi connectivity index (χ2n) is 9.07. The lowest BCUT2D eigenvalue weighted by atomic mass is 10.2. The minimum Gasteiger partial charge on any atom is -0.475 e. The Morgan fingerprint density at radius 1 is 0.923 bits per heavy atom. The molecule has 1 unspecified atom stereocenters. The molecule has 2 aliphatic heterocycles. The van der Waals surface area contributed by atoms with E-state index in [0.717, 1.165) is 61.6 Å². The molecule has 2 fully saturated rings. The summed E-state index contributed by atoms with van der Waals surface area (Å²) in [5.74, 6) is -4.43. The van der Waals surface area contributed by atoms with Crippen molar-refractivity contribution in [2.75, 3.05) is 31.1 Å². The van der Waals surface area contributed by atoms with Crippen molar-refractivity contribution >= 4 is 28.8 Å². The number of fused-ring (bicyclic) bond motifs is 1. The number of aliphatic hydroxyl groups excluding tert-OH is 1. The number of carbonyl (C=O) groups is 2. The number of nitrogens with zero attached hydrogens (tertiary/aromatic N) is 5. The maximum atomic E-state index is 10.6. The SMILES string of the molecule is Cn1nc(CN2CCCC2CO)c2ccc(N3CCCCCC3)nc21.O=C(O)C(F)(F)F.O=C(O)C(F)(F)F. The first-order valence-electron chi connectivity index (χ1n) is 12.2. The van der Waals surface area contributed by atoms with Crippen LogP contribution in [-0.2, 0) is 23.2 Å². The molecule has 16 heteroatoms. The normalized spacial score (nSPS) is 18.6. The Kier molecular flexibility index (Phi) is 11.3. The number of carboxylic acid groups (broad SMARTS) is 2. The fourth-order valence-electron chi connectivity index (χ4n) is 4.29. The molecule has 220 valence electrons. The van der Waals surface area contributed by atoms with E-state index in [2.05, 4.69) is 21.9 Å². The summed E-state index contributed by atoms with van der Waals surface area (Å²) in [4.78, 5) is 27.5.